The standard InChI is InChI=1S/C9H9N3.H2/c1-8-2-4-9(5-3-8)12-7-6-10-11-12;/h2-7H,1H3;1H/i;1+1. The second-order valence-electron chi connectivity index (χ2n) is 2.68. The van der Waals surface area contributed by atoms with Gasteiger partial charge in [-0.25, -0.2) is 4.68 Å². The van der Waals surface area contributed by atoms with E-state index in [1.165, 1.54) is 5.56 Å². The van der Waals surface area contributed by atoms with E-state index >= 15 is 0 Å². The molecule has 0 amide bonds. The first-order valence-electron chi connectivity index (χ1n) is 3.79. The zero-order valence-corrected chi connectivity index (χ0v) is 6.81. The van der Waals surface area contributed by atoms with Gasteiger partial charge >= 0.3 is 0 Å². The van der Waals surface area contributed by atoms with E-state index in [4.69, 9.17) is 0 Å². The maximum atomic E-state index is 3.88. The summed E-state index contributed by atoms with van der Waals surface area (Å²) in [5.74, 6) is 0. The summed E-state index contributed by atoms with van der Waals surface area (Å²) in [4.78, 5) is 0. The monoisotopic (exact) mass is 162 g/mol. The Bertz CT molecular complexity index is 353. The van der Waals surface area contributed by atoms with Gasteiger partial charge in [0.1, 0.15) is 0 Å². The molecule has 0 aliphatic carbocycles. The van der Waals surface area contributed by atoms with Gasteiger partial charge in [0.2, 0.25) is 0 Å². The number of hydrogen-bond donors (Lipinski definition) is 0. The minimum Gasteiger partial charge on any atom is -0.221 e. The lowest BCUT2D eigenvalue weighted by Crippen LogP contribution is -1.94. The van der Waals surface area contributed by atoms with Crippen LogP contribution in [-0.4, -0.2) is 15.0 Å². The van der Waals surface area contributed by atoms with Crippen LogP contribution in [0.25, 0.3) is 5.69 Å². The van der Waals surface area contributed by atoms with Gasteiger partial charge in [0.15, 0.2) is 0 Å². The zero-order valence-electron chi connectivity index (χ0n) is 6.81. The van der Waals surface area contributed by atoms with Crippen molar-refractivity contribution in [3.63, 3.8) is 0 Å². The van der Waals surface area contributed by atoms with E-state index < -0.39 is 0 Å². The Morgan fingerprint density at radius 3 is 2.58 bits per heavy atom. The van der Waals surface area contributed by atoms with Crippen molar-refractivity contribution in [3.8, 4) is 5.69 Å². The predicted octanol–water partition coefficient (Wildman–Crippen LogP) is 1.82. The van der Waals surface area contributed by atoms with Gasteiger partial charge < -0.3 is 0 Å². The molecule has 0 atom stereocenters. The number of hydrogen-bond acceptors (Lipinski definition) is 2. The third kappa shape index (κ3) is 1.21. The van der Waals surface area contributed by atoms with E-state index in [9.17, 15) is 0 Å². The van der Waals surface area contributed by atoms with Crippen molar-refractivity contribution in [3.05, 3.63) is 42.2 Å². The predicted molar refractivity (Wildman–Crippen MR) is 48.2 cm³/mol. The summed E-state index contributed by atoms with van der Waals surface area (Å²) in [6.07, 6.45) is 3.49. The number of aromatic nitrogens is 3. The molecule has 0 bridgehead atoms. The lowest BCUT2D eigenvalue weighted by atomic mass is 10.2. The Morgan fingerprint density at radius 2 is 2.00 bits per heavy atom. The maximum Gasteiger partial charge on any atom is 0.0697 e. The summed E-state index contributed by atoms with van der Waals surface area (Å²) in [7, 11) is 0. The fourth-order valence-corrected chi connectivity index (χ4v) is 1.04. The summed E-state index contributed by atoms with van der Waals surface area (Å²) < 4.78 is 1.74. The molecular weight excluding hydrogens is 150 g/mol. The molecule has 0 spiro atoms. The molecule has 62 valence electrons. The molecule has 1 aromatic heterocycles. The van der Waals surface area contributed by atoms with E-state index in [1.807, 2.05) is 18.3 Å². The van der Waals surface area contributed by atoms with Crippen molar-refractivity contribution in [1.29, 1.82) is 0 Å². The van der Waals surface area contributed by atoms with Crippen LogP contribution in [0.15, 0.2) is 36.7 Å². The number of benzene rings is 1. The van der Waals surface area contributed by atoms with Crippen LogP contribution in [0.5, 0.6) is 0 Å². The van der Waals surface area contributed by atoms with Gasteiger partial charge in [0.05, 0.1) is 18.1 Å². The molecule has 0 aliphatic rings. The largest absolute Gasteiger partial charge is 0.221 e. The van der Waals surface area contributed by atoms with Gasteiger partial charge in [-0.2, -0.15) is 0 Å². The van der Waals surface area contributed by atoms with Crippen LogP contribution in [0.2, 0.25) is 0 Å². The van der Waals surface area contributed by atoms with Gasteiger partial charge in [0, 0.05) is 1.43 Å². The molecule has 0 aliphatic heterocycles. The Balaban J connectivity index is 0.000000845. The lowest BCUT2D eigenvalue weighted by Gasteiger charge is -1.98. The average molecular weight is 162 g/mol. The highest BCUT2D eigenvalue weighted by Crippen LogP contribution is 2.06. The normalized spacial score (nSPS) is 10.1. The Labute approximate surface area is 72.1 Å². The first-order chi connectivity index (χ1) is 5.86. The van der Waals surface area contributed by atoms with Crippen LogP contribution in [0, 0.1) is 6.92 Å². The molecule has 0 N–H and O–H groups in total. The fraction of sp³-hybridized carbons (Fsp3) is 0.111. The quantitative estimate of drug-likeness (QED) is 0.640. The second-order valence-corrected chi connectivity index (χ2v) is 2.68. The smallest absolute Gasteiger partial charge is 0.0697 e. The average Bonchev–Trinajstić information content (AvgIpc) is 2.58. The van der Waals surface area contributed by atoms with Gasteiger partial charge in [-0.05, 0) is 19.1 Å². The first-order valence-corrected chi connectivity index (χ1v) is 3.79. The lowest BCUT2D eigenvalue weighted by molar-refractivity contribution is 0.803. The van der Waals surface area contributed by atoms with Crippen molar-refractivity contribution >= 4 is 0 Å². The minimum absolute atomic E-state index is 0. The SMILES string of the molecule is Cc1ccc(-n2ccnn2)cc1.[2HH]. The maximum absolute atomic E-state index is 3.88. The van der Waals surface area contributed by atoms with Crippen LogP contribution in [0.4, 0.5) is 0 Å². The van der Waals surface area contributed by atoms with Crippen molar-refractivity contribution < 1.29 is 1.43 Å². The molecule has 3 heteroatoms. The number of aryl methyl sites for hydroxylation is 1. The van der Waals surface area contributed by atoms with E-state index in [2.05, 4.69) is 29.4 Å². The number of rotatable bonds is 1. The number of nitrogens with zero attached hydrogens (tertiary/aromatic N) is 3. The van der Waals surface area contributed by atoms with E-state index in [-0.39, 0.29) is 1.43 Å². The van der Waals surface area contributed by atoms with Gasteiger partial charge in [-0.1, -0.05) is 22.9 Å². The molecular formula is C9H11N3. The third-order valence-corrected chi connectivity index (χ3v) is 1.72. The van der Waals surface area contributed by atoms with Crippen LogP contribution in [0.3, 0.4) is 0 Å². The molecule has 0 unspecified atom stereocenters. The first kappa shape index (κ1) is 7.03. The highest BCUT2D eigenvalue weighted by molar-refractivity contribution is 5.32. The summed E-state index contributed by atoms with van der Waals surface area (Å²) in [5.41, 5.74) is 2.29. The highest BCUT2D eigenvalue weighted by atomic mass is 15.4. The third-order valence-electron chi connectivity index (χ3n) is 1.72. The molecule has 3 nitrogen and oxygen atoms in total. The molecule has 0 saturated carbocycles. The zero-order chi connectivity index (χ0) is 8.39. The summed E-state index contributed by atoms with van der Waals surface area (Å²) >= 11 is 0. The van der Waals surface area contributed by atoms with Gasteiger partial charge in [-0.15, -0.1) is 5.10 Å². The van der Waals surface area contributed by atoms with E-state index in [1.54, 1.807) is 10.9 Å². The van der Waals surface area contributed by atoms with Crippen molar-refractivity contribution in [1.82, 2.24) is 15.0 Å². The minimum atomic E-state index is 0. The molecule has 1 aromatic carbocycles. The van der Waals surface area contributed by atoms with Crippen LogP contribution >= 0.6 is 0 Å². The second kappa shape index (κ2) is 2.77. The Hall–Kier alpha value is -1.64. The molecule has 0 fully saturated rings. The van der Waals surface area contributed by atoms with Gasteiger partial charge in [-0.3, -0.25) is 0 Å². The van der Waals surface area contributed by atoms with E-state index in [0.29, 0.717) is 0 Å². The van der Waals surface area contributed by atoms with Crippen LogP contribution in [0.1, 0.15) is 6.99 Å². The molecule has 12 heavy (non-hydrogen) atoms. The van der Waals surface area contributed by atoms with Crippen molar-refractivity contribution in [2.24, 2.45) is 0 Å². The summed E-state index contributed by atoms with van der Waals surface area (Å²) in [6, 6.07) is 8.14. The van der Waals surface area contributed by atoms with Crippen molar-refractivity contribution in [2.75, 3.05) is 0 Å². The van der Waals surface area contributed by atoms with Crippen LogP contribution in [-0.2, 0) is 0 Å². The molecule has 1 heterocycles. The molecule has 2 rings (SSSR count). The Morgan fingerprint density at radius 1 is 1.25 bits per heavy atom. The van der Waals surface area contributed by atoms with Gasteiger partial charge in [0.25, 0.3) is 0 Å². The van der Waals surface area contributed by atoms with E-state index in [0.717, 1.165) is 5.69 Å². The van der Waals surface area contributed by atoms with Crippen molar-refractivity contribution in [2.45, 2.75) is 6.92 Å². The highest BCUT2D eigenvalue weighted by Gasteiger charge is 1.93. The molecule has 0 radical (unpaired) electrons. The van der Waals surface area contributed by atoms with Crippen LogP contribution < -0.4 is 0 Å². The molecule has 0 saturated heterocycles. The summed E-state index contributed by atoms with van der Waals surface area (Å²) in [6.45, 7) is 2.06. The fourth-order valence-electron chi connectivity index (χ4n) is 1.04. The topological polar surface area (TPSA) is 30.7 Å². The summed E-state index contributed by atoms with van der Waals surface area (Å²) in [5, 5.41) is 7.62. The Kier molecular flexibility index (Phi) is 1.63. The molecule has 2 aromatic rings.